The van der Waals surface area contributed by atoms with Crippen LogP contribution in [0.2, 0.25) is 0 Å². The van der Waals surface area contributed by atoms with Gasteiger partial charge < -0.3 is 19.8 Å². The van der Waals surface area contributed by atoms with Gasteiger partial charge in [-0.3, -0.25) is 13.8 Å². The van der Waals surface area contributed by atoms with E-state index in [0.717, 1.165) is 96.3 Å². The number of phosphoric ester groups is 1. The van der Waals surface area contributed by atoms with Crippen LogP contribution in [-0.2, 0) is 18.4 Å². The lowest BCUT2D eigenvalue weighted by atomic mass is 10.0. The summed E-state index contributed by atoms with van der Waals surface area (Å²) in [5.74, 6) is -0.197. The summed E-state index contributed by atoms with van der Waals surface area (Å²) in [5.41, 5.74) is 0. The fourth-order valence-electron chi connectivity index (χ4n) is 7.76. The van der Waals surface area contributed by atoms with E-state index in [9.17, 15) is 19.4 Å². The van der Waals surface area contributed by atoms with Gasteiger partial charge in [0.15, 0.2) is 0 Å². The Bertz CT molecular complexity index is 1660. The molecule has 0 fully saturated rings. The number of unbranched alkanes of at least 4 members (excludes halogenated alkanes) is 19. The summed E-state index contributed by atoms with van der Waals surface area (Å²) in [6.45, 7) is 4.65. The normalized spacial score (nSPS) is 14.9. The first-order valence-corrected chi connectivity index (χ1v) is 31.1. The molecule has 0 saturated carbocycles. The number of hydrogen-bond donors (Lipinski definition) is 3. The summed E-state index contributed by atoms with van der Waals surface area (Å²) in [6.07, 6.45) is 82.8. The van der Waals surface area contributed by atoms with Crippen LogP contribution in [0.3, 0.4) is 0 Å². The van der Waals surface area contributed by atoms with Crippen molar-refractivity contribution in [1.29, 1.82) is 0 Å². The number of carbonyl (C=O) groups excluding carboxylic acids is 1. The van der Waals surface area contributed by atoms with Crippen molar-refractivity contribution in [3.8, 4) is 0 Å². The first-order chi connectivity index (χ1) is 36.0. The largest absolute Gasteiger partial charge is 0.472 e. The van der Waals surface area contributed by atoms with Crippen LogP contribution in [0, 0.1) is 0 Å². The van der Waals surface area contributed by atoms with E-state index in [0.29, 0.717) is 17.4 Å². The first-order valence-electron chi connectivity index (χ1n) is 29.6. The quantitative estimate of drug-likeness (QED) is 0.0243. The molecule has 0 aliphatic carbocycles. The first kappa shape index (κ1) is 70.6. The third-order valence-electron chi connectivity index (χ3n) is 12.4. The predicted molar refractivity (Wildman–Crippen MR) is 322 cm³/mol. The molecule has 0 radical (unpaired) electrons. The summed E-state index contributed by atoms with van der Waals surface area (Å²) in [7, 11) is 1.54. The van der Waals surface area contributed by atoms with E-state index in [1.165, 1.54) is 103 Å². The Morgan fingerprint density at radius 3 is 1.24 bits per heavy atom. The Labute approximate surface area is 456 Å². The number of carbonyl (C=O) groups is 1. The molecule has 0 saturated heterocycles. The highest BCUT2D eigenvalue weighted by molar-refractivity contribution is 7.47. The average molecular weight is 1050 g/mol. The lowest BCUT2D eigenvalue weighted by Crippen LogP contribution is -2.45. The number of phosphoric acid groups is 1. The molecule has 1 amide bonds. The maximum atomic E-state index is 13.0. The zero-order valence-electron chi connectivity index (χ0n) is 48.0. The van der Waals surface area contributed by atoms with Gasteiger partial charge in [0.1, 0.15) is 13.2 Å². The van der Waals surface area contributed by atoms with Gasteiger partial charge in [-0.25, -0.2) is 4.57 Å². The number of quaternary nitrogens is 1. The molecule has 0 rings (SSSR count). The molecule has 0 aliphatic heterocycles. The molecule has 422 valence electrons. The standard InChI is InChI=1S/C65H111N2O6P/c1-6-8-10-12-14-16-18-20-21-22-23-24-25-26-27-28-29-30-31-32-33-34-35-36-37-38-39-40-41-42-43-44-45-47-49-51-53-55-57-59-65(69)66-63(62-73-74(70,71)72-61-60-67(3,4)5)64(68)58-56-54-52-50-48-46-19-17-15-13-11-9-7-2/h8,10,14,16,20-21,23-24,26-27,29-30,32-33,35-36,38-39,48,50,56,58,63-64,68H,6-7,9,11-13,15,17-19,22,25,28,31,34,37,40-47,49,51-55,57,59-62H2,1-5H3,(H-,66,69,70,71)/p+1/b10-8-,16-14-,21-20-,24-23-,27-26-,30-29-,33-32-,36-35-,39-38-,50-48+,58-56+. The average Bonchev–Trinajstić information content (AvgIpc) is 3.36. The Morgan fingerprint density at radius 1 is 0.473 bits per heavy atom. The van der Waals surface area contributed by atoms with Crippen molar-refractivity contribution in [3.05, 3.63) is 134 Å². The smallest absolute Gasteiger partial charge is 0.387 e. The fraction of sp³-hybridized carbons (Fsp3) is 0.646. The summed E-state index contributed by atoms with van der Waals surface area (Å²) in [4.78, 5) is 23.2. The van der Waals surface area contributed by atoms with Crippen molar-refractivity contribution in [2.45, 2.75) is 231 Å². The molecule has 0 aliphatic rings. The molecule has 0 aromatic rings. The zero-order valence-corrected chi connectivity index (χ0v) is 48.9. The molecule has 3 unspecified atom stereocenters. The van der Waals surface area contributed by atoms with Crippen LogP contribution in [0.25, 0.3) is 0 Å². The highest BCUT2D eigenvalue weighted by atomic mass is 31.2. The molecule has 0 aromatic heterocycles. The molecular weight excluding hydrogens is 936 g/mol. The van der Waals surface area contributed by atoms with Gasteiger partial charge in [0.05, 0.1) is 39.9 Å². The van der Waals surface area contributed by atoms with Gasteiger partial charge in [0.2, 0.25) is 5.91 Å². The number of allylic oxidation sites excluding steroid dienone is 21. The summed E-state index contributed by atoms with van der Waals surface area (Å²) >= 11 is 0. The van der Waals surface area contributed by atoms with Crippen LogP contribution in [0.1, 0.15) is 219 Å². The molecular formula is C65H112N2O6P+. The SMILES string of the molecule is CC/C=C\C/C=C\C/C=C\C/C=C\C/C=C\C/C=C\C/C=C\C/C=C\C/C=C\CCCCCCCCCCCCCC(=O)NC(COP(=O)(O)OCC[N+](C)(C)C)C(O)/C=C/CC/C=C/CCCCCCCCC. The Kier molecular flexibility index (Phi) is 52.0. The molecule has 8 nitrogen and oxygen atoms in total. The number of hydrogen-bond acceptors (Lipinski definition) is 5. The van der Waals surface area contributed by atoms with Crippen molar-refractivity contribution in [2.24, 2.45) is 0 Å². The maximum absolute atomic E-state index is 13.0. The third-order valence-corrected chi connectivity index (χ3v) is 13.3. The van der Waals surface area contributed by atoms with Gasteiger partial charge in [-0.15, -0.1) is 0 Å². The lowest BCUT2D eigenvalue weighted by Gasteiger charge is -2.25. The number of aliphatic hydroxyl groups excluding tert-OH is 1. The molecule has 3 N–H and O–H groups in total. The van der Waals surface area contributed by atoms with E-state index in [4.69, 9.17) is 9.05 Å². The number of rotatable bonds is 52. The third kappa shape index (κ3) is 56.4. The van der Waals surface area contributed by atoms with Crippen LogP contribution in [0.5, 0.6) is 0 Å². The van der Waals surface area contributed by atoms with Crippen LogP contribution in [0.15, 0.2) is 134 Å². The van der Waals surface area contributed by atoms with E-state index >= 15 is 0 Å². The summed E-state index contributed by atoms with van der Waals surface area (Å²) in [6, 6.07) is -0.873. The minimum atomic E-state index is -4.36. The van der Waals surface area contributed by atoms with Gasteiger partial charge in [-0.1, -0.05) is 244 Å². The van der Waals surface area contributed by atoms with E-state index in [1.54, 1.807) is 6.08 Å². The number of likely N-dealkylation sites (N-methyl/N-ethyl adjacent to an activating group) is 1. The van der Waals surface area contributed by atoms with Gasteiger partial charge >= 0.3 is 7.82 Å². The topological polar surface area (TPSA) is 105 Å². The highest BCUT2D eigenvalue weighted by Gasteiger charge is 2.27. The molecule has 0 bridgehead atoms. The monoisotopic (exact) mass is 1050 g/mol. The van der Waals surface area contributed by atoms with Crippen molar-refractivity contribution >= 4 is 13.7 Å². The van der Waals surface area contributed by atoms with E-state index in [-0.39, 0.29) is 19.1 Å². The second kappa shape index (κ2) is 54.4. The minimum Gasteiger partial charge on any atom is -0.387 e. The highest BCUT2D eigenvalue weighted by Crippen LogP contribution is 2.43. The van der Waals surface area contributed by atoms with Crippen molar-refractivity contribution < 1.29 is 32.9 Å². The molecule has 9 heteroatoms. The molecule has 0 aromatic carbocycles. The van der Waals surface area contributed by atoms with Crippen LogP contribution in [-0.4, -0.2) is 73.4 Å². The van der Waals surface area contributed by atoms with Gasteiger partial charge in [0, 0.05) is 6.42 Å². The van der Waals surface area contributed by atoms with E-state index in [2.05, 4.69) is 141 Å². The van der Waals surface area contributed by atoms with Gasteiger partial charge in [-0.2, -0.15) is 0 Å². The van der Waals surface area contributed by atoms with Gasteiger partial charge in [0.25, 0.3) is 0 Å². The fourth-order valence-corrected chi connectivity index (χ4v) is 8.49. The van der Waals surface area contributed by atoms with Crippen LogP contribution in [0.4, 0.5) is 0 Å². The van der Waals surface area contributed by atoms with Crippen LogP contribution >= 0.6 is 7.82 Å². The second-order valence-corrected chi connectivity index (χ2v) is 22.1. The summed E-state index contributed by atoms with van der Waals surface area (Å²) < 4.78 is 23.6. The van der Waals surface area contributed by atoms with E-state index in [1.807, 2.05) is 27.2 Å². The van der Waals surface area contributed by atoms with Crippen molar-refractivity contribution in [3.63, 3.8) is 0 Å². The second-order valence-electron chi connectivity index (χ2n) is 20.6. The minimum absolute atomic E-state index is 0.0496. The van der Waals surface area contributed by atoms with Gasteiger partial charge in [-0.05, 0) is 103 Å². The molecule has 3 atom stereocenters. The number of nitrogens with one attached hydrogen (secondary N) is 1. The maximum Gasteiger partial charge on any atom is 0.472 e. The molecule has 0 heterocycles. The summed E-state index contributed by atoms with van der Waals surface area (Å²) in [5, 5.41) is 13.9. The molecule has 0 spiro atoms. The Balaban J connectivity index is 4.10. The number of amides is 1. The molecule has 74 heavy (non-hydrogen) atoms. The van der Waals surface area contributed by atoms with Crippen molar-refractivity contribution in [2.75, 3.05) is 40.9 Å². The lowest BCUT2D eigenvalue weighted by molar-refractivity contribution is -0.870. The Hall–Kier alpha value is -3.36. The van der Waals surface area contributed by atoms with E-state index < -0.39 is 20.0 Å². The predicted octanol–water partition coefficient (Wildman–Crippen LogP) is 18.3. The number of aliphatic hydroxyl groups is 1. The van der Waals surface area contributed by atoms with Crippen molar-refractivity contribution in [1.82, 2.24) is 5.32 Å². The zero-order chi connectivity index (χ0) is 54.2. The Morgan fingerprint density at radius 2 is 0.824 bits per heavy atom. The van der Waals surface area contributed by atoms with Crippen LogP contribution < -0.4 is 5.32 Å². The number of nitrogens with zero attached hydrogens (tertiary/aromatic N) is 1.